The molecule has 0 radical (unpaired) electrons. The third-order valence-corrected chi connectivity index (χ3v) is 4.31. The largest absolute Gasteiger partial charge is 0.423 e. The molecular formula is C16H12Cl2N2O3. The van der Waals surface area contributed by atoms with Crippen molar-refractivity contribution in [3.8, 4) is 0 Å². The van der Waals surface area contributed by atoms with E-state index in [4.69, 9.17) is 27.6 Å². The first-order valence-electron chi connectivity index (χ1n) is 6.96. The van der Waals surface area contributed by atoms with Gasteiger partial charge in [0.05, 0.1) is 17.8 Å². The molecule has 0 N–H and O–H groups in total. The molecule has 1 aromatic carbocycles. The minimum Gasteiger partial charge on any atom is -0.423 e. The summed E-state index contributed by atoms with van der Waals surface area (Å²) in [7, 11) is 0. The van der Waals surface area contributed by atoms with Gasteiger partial charge in [0.1, 0.15) is 10.6 Å². The SMILES string of the molecule is CCc1ccc2c(Cn3ncc(Cl)c(Cl)c3=O)cc(=O)oc2c1. The summed E-state index contributed by atoms with van der Waals surface area (Å²) >= 11 is 11.6. The van der Waals surface area contributed by atoms with Gasteiger partial charge in [-0.05, 0) is 23.6 Å². The van der Waals surface area contributed by atoms with E-state index in [-0.39, 0.29) is 16.6 Å². The minimum atomic E-state index is -0.509. The van der Waals surface area contributed by atoms with E-state index in [9.17, 15) is 9.59 Å². The van der Waals surface area contributed by atoms with Gasteiger partial charge >= 0.3 is 5.63 Å². The number of rotatable bonds is 3. The topological polar surface area (TPSA) is 65.1 Å². The molecule has 2 aromatic heterocycles. The second-order valence-corrected chi connectivity index (χ2v) is 5.83. The Morgan fingerprint density at radius 3 is 2.74 bits per heavy atom. The molecule has 0 aliphatic carbocycles. The van der Waals surface area contributed by atoms with Crippen LogP contribution in [0.4, 0.5) is 0 Å². The molecule has 0 aliphatic heterocycles. The molecule has 0 aliphatic rings. The van der Waals surface area contributed by atoms with Gasteiger partial charge in [0.2, 0.25) is 0 Å². The van der Waals surface area contributed by atoms with E-state index >= 15 is 0 Å². The van der Waals surface area contributed by atoms with Crippen molar-refractivity contribution < 1.29 is 4.42 Å². The van der Waals surface area contributed by atoms with Crippen molar-refractivity contribution in [2.24, 2.45) is 0 Å². The standard InChI is InChI=1S/C16H12Cl2N2O3/c1-2-9-3-4-11-10(6-14(21)23-13(11)5-9)8-20-16(22)15(18)12(17)7-19-20/h3-7H,2,8H2,1H3. The van der Waals surface area contributed by atoms with Crippen LogP contribution in [0.3, 0.4) is 0 Å². The van der Waals surface area contributed by atoms with Crippen LogP contribution < -0.4 is 11.2 Å². The predicted octanol–water partition coefficient (Wildman–Crippen LogP) is 3.27. The number of hydrogen-bond donors (Lipinski definition) is 0. The fourth-order valence-electron chi connectivity index (χ4n) is 2.34. The maximum absolute atomic E-state index is 12.1. The molecule has 5 nitrogen and oxygen atoms in total. The third-order valence-electron chi connectivity index (χ3n) is 3.57. The van der Waals surface area contributed by atoms with Crippen molar-refractivity contribution in [2.75, 3.05) is 0 Å². The lowest BCUT2D eigenvalue weighted by Gasteiger charge is -2.08. The van der Waals surface area contributed by atoms with Crippen molar-refractivity contribution in [3.63, 3.8) is 0 Å². The van der Waals surface area contributed by atoms with E-state index in [2.05, 4.69) is 5.10 Å². The van der Waals surface area contributed by atoms with Crippen molar-refractivity contribution >= 4 is 34.2 Å². The lowest BCUT2D eigenvalue weighted by atomic mass is 10.1. The maximum atomic E-state index is 12.1. The van der Waals surface area contributed by atoms with Gasteiger partial charge in [-0.3, -0.25) is 4.79 Å². The molecule has 0 spiro atoms. The van der Waals surface area contributed by atoms with Crippen molar-refractivity contribution in [1.29, 1.82) is 0 Å². The molecular weight excluding hydrogens is 339 g/mol. The van der Waals surface area contributed by atoms with Gasteiger partial charge in [0.25, 0.3) is 5.56 Å². The first-order chi connectivity index (χ1) is 11.0. The van der Waals surface area contributed by atoms with E-state index in [0.717, 1.165) is 22.1 Å². The number of benzene rings is 1. The van der Waals surface area contributed by atoms with Crippen LogP contribution in [0.1, 0.15) is 18.1 Å². The van der Waals surface area contributed by atoms with Gasteiger partial charge in [-0.2, -0.15) is 5.10 Å². The molecule has 0 amide bonds. The highest BCUT2D eigenvalue weighted by Gasteiger charge is 2.11. The Hall–Kier alpha value is -2.11. The molecule has 23 heavy (non-hydrogen) atoms. The summed E-state index contributed by atoms with van der Waals surface area (Å²) in [6.07, 6.45) is 2.13. The Balaban J connectivity index is 2.15. The summed E-state index contributed by atoms with van der Waals surface area (Å²) in [5.41, 5.74) is 1.19. The summed E-state index contributed by atoms with van der Waals surface area (Å²) in [6.45, 7) is 2.12. The molecule has 0 saturated carbocycles. The quantitative estimate of drug-likeness (QED) is 0.680. The number of aryl methyl sites for hydroxylation is 1. The summed E-state index contributed by atoms with van der Waals surface area (Å²) in [6, 6.07) is 7.00. The van der Waals surface area contributed by atoms with Gasteiger partial charge in [0, 0.05) is 11.5 Å². The van der Waals surface area contributed by atoms with Gasteiger partial charge in [-0.25, -0.2) is 9.48 Å². The highest BCUT2D eigenvalue weighted by Crippen LogP contribution is 2.20. The molecule has 0 unspecified atom stereocenters. The van der Waals surface area contributed by atoms with E-state index in [0.29, 0.717) is 11.1 Å². The van der Waals surface area contributed by atoms with Crippen LogP contribution >= 0.6 is 23.2 Å². The highest BCUT2D eigenvalue weighted by molar-refractivity contribution is 6.41. The average Bonchev–Trinajstić information content (AvgIpc) is 2.54. The smallest absolute Gasteiger partial charge is 0.336 e. The van der Waals surface area contributed by atoms with E-state index in [1.165, 1.54) is 12.3 Å². The Morgan fingerprint density at radius 1 is 1.22 bits per heavy atom. The van der Waals surface area contributed by atoms with Gasteiger partial charge < -0.3 is 4.42 Å². The summed E-state index contributed by atoms with van der Waals surface area (Å²) in [5.74, 6) is 0. The number of fused-ring (bicyclic) bond motifs is 1. The molecule has 0 atom stereocenters. The predicted molar refractivity (Wildman–Crippen MR) is 89.5 cm³/mol. The maximum Gasteiger partial charge on any atom is 0.336 e. The Kier molecular flexibility index (Phi) is 4.24. The van der Waals surface area contributed by atoms with Gasteiger partial charge in [0.15, 0.2) is 0 Å². The zero-order valence-corrected chi connectivity index (χ0v) is 13.7. The van der Waals surface area contributed by atoms with Crippen LogP contribution in [0.25, 0.3) is 11.0 Å². The van der Waals surface area contributed by atoms with Crippen LogP contribution in [-0.2, 0) is 13.0 Å². The first kappa shape index (κ1) is 15.8. The van der Waals surface area contributed by atoms with Crippen LogP contribution in [0.5, 0.6) is 0 Å². The normalized spacial score (nSPS) is 11.1. The lowest BCUT2D eigenvalue weighted by Crippen LogP contribution is -2.24. The van der Waals surface area contributed by atoms with Crippen molar-refractivity contribution in [3.05, 3.63) is 72.4 Å². The molecule has 0 bridgehead atoms. The minimum absolute atomic E-state index is 0.0952. The van der Waals surface area contributed by atoms with Crippen LogP contribution in [0.15, 0.2) is 44.5 Å². The first-order valence-corrected chi connectivity index (χ1v) is 7.72. The van der Waals surface area contributed by atoms with Gasteiger partial charge in [-0.15, -0.1) is 0 Å². The Labute approximate surface area is 141 Å². The molecule has 2 heterocycles. The van der Waals surface area contributed by atoms with E-state index < -0.39 is 11.2 Å². The van der Waals surface area contributed by atoms with E-state index in [1.807, 2.05) is 25.1 Å². The fraction of sp³-hybridized carbons (Fsp3) is 0.188. The Bertz CT molecular complexity index is 1010. The number of halogens is 2. The second kappa shape index (κ2) is 6.18. The second-order valence-electron chi connectivity index (χ2n) is 5.04. The molecule has 7 heteroatoms. The zero-order valence-electron chi connectivity index (χ0n) is 12.2. The molecule has 118 valence electrons. The summed E-state index contributed by atoms with van der Waals surface area (Å²) < 4.78 is 6.41. The molecule has 0 saturated heterocycles. The van der Waals surface area contributed by atoms with Crippen molar-refractivity contribution in [2.45, 2.75) is 19.9 Å². The van der Waals surface area contributed by atoms with Gasteiger partial charge in [-0.1, -0.05) is 42.3 Å². The number of nitrogens with zero attached hydrogens (tertiary/aromatic N) is 2. The van der Waals surface area contributed by atoms with Crippen LogP contribution in [-0.4, -0.2) is 9.78 Å². The monoisotopic (exact) mass is 350 g/mol. The van der Waals surface area contributed by atoms with Crippen molar-refractivity contribution in [1.82, 2.24) is 9.78 Å². The fourth-order valence-corrected chi connectivity index (χ4v) is 2.61. The highest BCUT2D eigenvalue weighted by atomic mass is 35.5. The zero-order chi connectivity index (χ0) is 16.6. The van der Waals surface area contributed by atoms with E-state index in [1.54, 1.807) is 0 Å². The summed E-state index contributed by atoms with van der Waals surface area (Å²) in [4.78, 5) is 23.9. The van der Waals surface area contributed by atoms with Crippen LogP contribution in [0, 0.1) is 0 Å². The number of hydrogen-bond acceptors (Lipinski definition) is 4. The third kappa shape index (κ3) is 3.02. The molecule has 3 rings (SSSR count). The number of aromatic nitrogens is 2. The Morgan fingerprint density at radius 2 is 2.00 bits per heavy atom. The van der Waals surface area contributed by atoms with Crippen LogP contribution in [0.2, 0.25) is 10.0 Å². The summed E-state index contributed by atoms with van der Waals surface area (Å²) in [5, 5.41) is 4.71. The average molecular weight is 351 g/mol. The molecule has 0 fully saturated rings. The molecule has 3 aromatic rings. The lowest BCUT2D eigenvalue weighted by molar-refractivity contribution is 0.554.